The molecule has 1 rings (SSSR count). The molecule has 1 fully saturated rings. The zero-order valence-electron chi connectivity index (χ0n) is 11.2. The van der Waals surface area contributed by atoms with Crippen LogP contribution in [0, 0.1) is 5.92 Å². The summed E-state index contributed by atoms with van der Waals surface area (Å²) >= 11 is 0. The van der Waals surface area contributed by atoms with Crippen molar-refractivity contribution in [3.05, 3.63) is 0 Å². The third-order valence-electron chi connectivity index (χ3n) is 3.45. The first-order chi connectivity index (χ1) is 9.30. The number of hydrogen-bond donors (Lipinski definition) is 3. The molecule has 0 aromatic heterocycles. The Labute approximate surface area is 118 Å². The standard InChI is InChI=1S/C12H21NO6S/c14-11(15)7-6-10(12(16)17)13-20(18,19)8-9-4-2-1-3-5-9/h9-10,13H,1-8H2,(H,14,15)(H,16,17). The number of carboxylic acids is 2. The summed E-state index contributed by atoms with van der Waals surface area (Å²) < 4.78 is 26.0. The van der Waals surface area contributed by atoms with Gasteiger partial charge in [-0.1, -0.05) is 19.3 Å². The van der Waals surface area contributed by atoms with Crippen molar-refractivity contribution in [2.24, 2.45) is 5.92 Å². The van der Waals surface area contributed by atoms with Gasteiger partial charge in [0.2, 0.25) is 10.0 Å². The lowest BCUT2D eigenvalue weighted by Gasteiger charge is -2.22. The molecule has 1 unspecified atom stereocenters. The number of nitrogens with one attached hydrogen (secondary N) is 1. The van der Waals surface area contributed by atoms with Gasteiger partial charge in [0.05, 0.1) is 5.75 Å². The molecule has 8 heteroatoms. The van der Waals surface area contributed by atoms with Gasteiger partial charge in [-0.3, -0.25) is 9.59 Å². The van der Waals surface area contributed by atoms with Gasteiger partial charge in [0, 0.05) is 6.42 Å². The Hall–Kier alpha value is -1.15. The fraction of sp³-hybridized carbons (Fsp3) is 0.833. The number of hydrogen-bond acceptors (Lipinski definition) is 4. The third kappa shape index (κ3) is 6.33. The molecule has 1 aliphatic rings. The Morgan fingerprint density at radius 1 is 1.15 bits per heavy atom. The predicted octanol–water partition coefficient (Wildman–Crippen LogP) is 0.804. The first-order valence-electron chi connectivity index (χ1n) is 6.75. The molecule has 116 valence electrons. The molecule has 7 nitrogen and oxygen atoms in total. The van der Waals surface area contributed by atoms with Gasteiger partial charge in [-0.25, -0.2) is 13.1 Å². The minimum absolute atomic E-state index is 0.0650. The summed E-state index contributed by atoms with van der Waals surface area (Å²) in [5, 5.41) is 17.5. The van der Waals surface area contributed by atoms with Gasteiger partial charge >= 0.3 is 11.9 Å². The van der Waals surface area contributed by atoms with E-state index in [-0.39, 0.29) is 24.5 Å². The Balaban J connectivity index is 2.55. The zero-order chi connectivity index (χ0) is 15.2. The van der Waals surface area contributed by atoms with Crippen LogP contribution in [-0.4, -0.2) is 42.4 Å². The topological polar surface area (TPSA) is 121 Å². The van der Waals surface area contributed by atoms with Crippen molar-refractivity contribution < 1.29 is 28.2 Å². The molecule has 0 aliphatic heterocycles. The van der Waals surface area contributed by atoms with Crippen molar-refractivity contribution >= 4 is 22.0 Å². The molecule has 0 heterocycles. The highest BCUT2D eigenvalue weighted by Crippen LogP contribution is 2.24. The largest absolute Gasteiger partial charge is 0.481 e. The molecule has 1 aliphatic carbocycles. The lowest BCUT2D eigenvalue weighted by atomic mass is 9.91. The van der Waals surface area contributed by atoms with E-state index in [0.717, 1.165) is 32.1 Å². The molecule has 20 heavy (non-hydrogen) atoms. The first-order valence-corrected chi connectivity index (χ1v) is 8.40. The Morgan fingerprint density at radius 3 is 2.25 bits per heavy atom. The van der Waals surface area contributed by atoms with Gasteiger partial charge in [0.25, 0.3) is 0 Å². The Kier molecular flexibility index (Phi) is 6.41. The molecule has 1 atom stereocenters. The van der Waals surface area contributed by atoms with Gasteiger partial charge in [-0.05, 0) is 25.2 Å². The lowest BCUT2D eigenvalue weighted by molar-refractivity contribution is -0.140. The summed E-state index contributed by atoms with van der Waals surface area (Å²) in [7, 11) is -3.70. The molecule has 1 saturated carbocycles. The molecule has 3 N–H and O–H groups in total. The quantitative estimate of drug-likeness (QED) is 0.610. The average Bonchev–Trinajstić information content (AvgIpc) is 2.34. The van der Waals surface area contributed by atoms with Crippen molar-refractivity contribution in [1.82, 2.24) is 4.72 Å². The molecule has 0 aromatic carbocycles. The number of carboxylic acid groups (broad SMARTS) is 2. The van der Waals surface area contributed by atoms with E-state index >= 15 is 0 Å². The highest BCUT2D eigenvalue weighted by molar-refractivity contribution is 7.89. The van der Waals surface area contributed by atoms with Crippen LogP contribution < -0.4 is 4.72 Å². The van der Waals surface area contributed by atoms with E-state index in [9.17, 15) is 18.0 Å². The maximum absolute atomic E-state index is 11.9. The van der Waals surface area contributed by atoms with Crippen LogP contribution in [0.4, 0.5) is 0 Å². The second-order valence-corrected chi connectivity index (χ2v) is 7.03. The minimum atomic E-state index is -3.70. The fourth-order valence-electron chi connectivity index (χ4n) is 2.43. The monoisotopic (exact) mass is 307 g/mol. The van der Waals surface area contributed by atoms with E-state index in [1.165, 1.54) is 0 Å². The maximum Gasteiger partial charge on any atom is 0.321 e. The van der Waals surface area contributed by atoms with Gasteiger partial charge in [-0.2, -0.15) is 0 Å². The molecule has 0 spiro atoms. The van der Waals surface area contributed by atoms with Crippen LogP contribution >= 0.6 is 0 Å². The highest BCUT2D eigenvalue weighted by Gasteiger charge is 2.27. The smallest absolute Gasteiger partial charge is 0.321 e. The van der Waals surface area contributed by atoms with Crippen LogP contribution in [-0.2, 0) is 19.6 Å². The van der Waals surface area contributed by atoms with Crippen LogP contribution in [0.2, 0.25) is 0 Å². The van der Waals surface area contributed by atoms with Crippen LogP contribution in [0.25, 0.3) is 0 Å². The van der Waals surface area contributed by atoms with Crippen molar-refractivity contribution in [2.75, 3.05) is 5.75 Å². The molecule has 0 amide bonds. The van der Waals surface area contributed by atoms with Crippen molar-refractivity contribution in [2.45, 2.75) is 51.0 Å². The van der Waals surface area contributed by atoms with Crippen LogP contribution in [0.1, 0.15) is 44.9 Å². The maximum atomic E-state index is 11.9. The van der Waals surface area contributed by atoms with Crippen molar-refractivity contribution in [3.63, 3.8) is 0 Å². The first kappa shape index (κ1) is 16.9. The zero-order valence-corrected chi connectivity index (χ0v) is 12.1. The fourth-order valence-corrected chi connectivity index (χ4v) is 4.13. The molecule has 0 radical (unpaired) electrons. The van der Waals surface area contributed by atoms with E-state index in [0.29, 0.717) is 0 Å². The summed E-state index contributed by atoms with van der Waals surface area (Å²) in [5.41, 5.74) is 0. The van der Waals surface area contributed by atoms with Gasteiger partial charge in [0.15, 0.2) is 0 Å². The van der Waals surface area contributed by atoms with Gasteiger partial charge in [0.1, 0.15) is 6.04 Å². The Morgan fingerprint density at radius 2 is 1.75 bits per heavy atom. The van der Waals surface area contributed by atoms with Crippen LogP contribution in [0.3, 0.4) is 0 Å². The van der Waals surface area contributed by atoms with E-state index in [1.54, 1.807) is 0 Å². The summed E-state index contributed by atoms with van der Waals surface area (Å²) in [6.45, 7) is 0. The normalized spacial score (nSPS) is 18.6. The summed E-state index contributed by atoms with van der Waals surface area (Å²) in [6, 6.07) is -1.38. The number of rotatable bonds is 8. The van der Waals surface area contributed by atoms with Crippen LogP contribution in [0.5, 0.6) is 0 Å². The van der Waals surface area contributed by atoms with E-state index in [2.05, 4.69) is 4.72 Å². The molecule has 0 aromatic rings. The van der Waals surface area contributed by atoms with Crippen LogP contribution in [0.15, 0.2) is 0 Å². The second-order valence-electron chi connectivity index (χ2n) is 5.23. The molecular weight excluding hydrogens is 286 g/mol. The van der Waals surface area contributed by atoms with E-state index in [4.69, 9.17) is 10.2 Å². The Bertz CT molecular complexity index is 441. The lowest BCUT2D eigenvalue weighted by Crippen LogP contribution is -2.43. The summed E-state index contributed by atoms with van der Waals surface area (Å²) in [5.74, 6) is -2.51. The van der Waals surface area contributed by atoms with Gasteiger partial charge in [-0.15, -0.1) is 0 Å². The molecular formula is C12H21NO6S. The SMILES string of the molecule is O=C(O)CCC(NS(=O)(=O)CC1CCCCC1)C(=O)O. The van der Waals surface area contributed by atoms with E-state index in [1.807, 2.05) is 0 Å². The number of aliphatic carboxylic acids is 2. The number of carbonyl (C=O) groups is 2. The molecule has 0 saturated heterocycles. The minimum Gasteiger partial charge on any atom is -0.481 e. The predicted molar refractivity (Wildman–Crippen MR) is 71.8 cm³/mol. The van der Waals surface area contributed by atoms with Gasteiger partial charge < -0.3 is 10.2 Å². The summed E-state index contributed by atoms with van der Waals surface area (Å²) in [6.07, 6.45) is 4.16. The second kappa shape index (κ2) is 7.58. The van der Waals surface area contributed by atoms with E-state index < -0.39 is 28.0 Å². The van der Waals surface area contributed by atoms with Crippen molar-refractivity contribution in [3.8, 4) is 0 Å². The molecule has 0 bridgehead atoms. The van der Waals surface area contributed by atoms with Crippen molar-refractivity contribution in [1.29, 1.82) is 0 Å². The highest BCUT2D eigenvalue weighted by atomic mass is 32.2. The average molecular weight is 307 g/mol. The third-order valence-corrected chi connectivity index (χ3v) is 5.00. The summed E-state index contributed by atoms with van der Waals surface area (Å²) in [4.78, 5) is 21.4. The number of sulfonamides is 1.